The first-order valence-corrected chi connectivity index (χ1v) is 8.82. The van der Waals surface area contributed by atoms with Crippen LogP contribution >= 0.6 is 0 Å². The SMILES string of the molecule is CCOC(=O)OC1(N(NC(=O)OC(C)(C)C)C(=O)OC(C)(C)C)CC(=O)NC1=O. The van der Waals surface area contributed by atoms with Crippen LogP contribution < -0.4 is 10.7 Å². The van der Waals surface area contributed by atoms with Crippen LogP contribution in [0.15, 0.2) is 0 Å². The molecule has 1 saturated heterocycles. The number of hydrazine groups is 1. The maximum atomic E-state index is 12.8. The van der Waals surface area contributed by atoms with Gasteiger partial charge in [0, 0.05) is 0 Å². The van der Waals surface area contributed by atoms with Crippen molar-refractivity contribution in [3.63, 3.8) is 0 Å². The van der Waals surface area contributed by atoms with Gasteiger partial charge in [-0.05, 0) is 48.5 Å². The Morgan fingerprint density at radius 3 is 2.03 bits per heavy atom. The van der Waals surface area contributed by atoms with Crippen LogP contribution in [0.3, 0.4) is 0 Å². The molecule has 1 heterocycles. The lowest BCUT2D eigenvalue weighted by molar-refractivity contribution is -0.167. The van der Waals surface area contributed by atoms with E-state index in [0.29, 0.717) is 5.01 Å². The second kappa shape index (κ2) is 8.53. The van der Waals surface area contributed by atoms with E-state index >= 15 is 0 Å². The molecule has 4 amide bonds. The second-order valence-corrected chi connectivity index (χ2v) is 8.05. The number of hydrogen-bond donors (Lipinski definition) is 2. The summed E-state index contributed by atoms with van der Waals surface area (Å²) in [6.45, 7) is 10.7. The lowest BCUT2D eigenvalue weighted by Crippen LogP contribution is -2.66. The summed E-state index contributed by atoms with van der Waals surface area (Å²) in [4.78, 5) is 61.3. The summed E-state index contributed by atoms with van der Waals surface area (Å²) >= 11 is 0. The van der Waals surface area contributed by atoms with E-state index < -0.39 is 53.5 Å². The summed E-state index contributed by atoms with van der Waals surface area (Å²) in [6.07, 6.45) is -4.54. The Balaban J connectivity index is 3.36. The van der Waals surface area contributed by atoms with Crippen molar-refractivity contribution >= 4 is 30.2 Å². The van der Waals surface area contributed by atoms with Crippen molar-refractivity contribution in [1.29, 1.82) is 0 Å². The van der Waals surface area contributed by atoms with Gasteiger partial charge >= 0.3 is 18.3 Å². The maximum absolute atomic E-state index is 12.8. The van der Waals surface area contributed by atoms with Crippen molar-refractivity contribution in [1.82, 2.24) is 15.8 Å². The Kier molecular flexibility index (Phi) is 7.06. The van der Waals surface area contributed by atoms with E-state index in [1.165, 1.54) is 27.7 Å². The number of hydrogen-bond acceptors (Lipinski definition) is 9. The number of rotatable bonds is 3. The standard InChI is InChI=1S/C17H27N3O9/c1-8-26-14(25)29-17(9-10(21)18-11(17)22)20(13(24)28-16(5,6)7)19-12(23)27-15(2,3)4/h8-9H2,1-7H3,(H,19,23)(H,18,21,22). The van der Waals surface area contributed by atoms with Gasteiger partial charge in [-0.25, -0.2) is 19.8 Å². The topological polar surface area (TPSA) is 150 Å². The van der Waals surface area contributed by atoms with Gasteiger partial charge in [0.05, 0.1) is 13.0 Å². The molecule has 1 unspecified atom stereocenters. The molecule has 1 aliphatic rings. The smallest absolute Gasteiger partial charge is 0.443 e. The summed E-state index contributed by atoms with van der Waals surface area (Å²) in [5.74, 6) is -2.02. The Hall–Kier alpha value is -3.05. The Morgan fingerprint density at radius 1 is 1.07 bits per heavy atom. The van der Waals surface area contributed by atoms with E-state index in [-0.39, 0.29) is 6.61 Å². The van der Waals surface area contributed by atoms with Gasteiger partial charge in [0.25, 0.3) is 11.6 Å². The third-order valence-corrected chi connectivity index (χ3v) is 3.06. The van der Waals surface area contributed by atoms with Gasteiger partial charge in [0.2, 0.25) is 5.91 Å². The lowest BCUT2D eigenvalue weighted by Gasteiger charge is -2.37. The van der Waals surface area contributed by atoms with Crippen molar-refractivity contribution in [2.75, 3.05) is 6.61 Å². The molecule has 0 saturated carbocycles. The first-order chi connectivity index (χ1) is 13.1. The minimum atomic E-state index is -2.57. The van der Waals surface area contributed by atoms with Gasteiger partial charge in [-0.15, -0.1) is 0 Å². The summed E-state index contributed by atoms with van der Waals surface area (Å²) in [5.41, 5.74) is -2.54. The van der Waals surface area contributed by atoms with Crippen LogP contribution in [0, 0.1) is 0 Å². The third-order valence-electron chi connectivity index (χ3n) is 3.06. The predicted molar refractivity (Wildman–Crippen MR) is 96.0 cm³/mol. The molecule has 1 fully saturated rings. The molecule has 0 aliphatic carbocycles. The van der Waals surface area contributed by atoms with Crippen molar-refractivity contribution in [2.24, 2.45) is 0 Å². The lowest BCUT2D eigenvalue weighted by atomic mass is 10.1. The molecule has 12 nitrogen and oxygen atoms in total. The van der Waals surface area contributed by atoms with Gasteiger partial charge in [-0.2, -0.15) is 5.01 Å². The number of amides is 4. The molecule has 0 bridgehead atoms. The van der Waals surface area contributed by atoms with E-state index in [2.05, 4.69) is 4.74 Å². The van der Waals surface area contributed by atoms with Crippen molar-refractivity contribution in [2.45, 2.75) is 71.8 Å². The van der Waals surface area contributed by atoms with Gasteiger partial charge in [0.15, 0.2) is 0 Å². The first kappa shape index (κ1) is 24.0. The normalized spacial score (nSPS) is 19.1. The van der Waals surface area contributed by atoms with Gasteiger partial charge in [-0.3, -0.25) is 14.9 Å². The molecular weight excluding hydrogens is 390 g/mol. The highest BCUT2D eigenvalue weighted by Gasteiger charge is 2.59. The van der Waals surface area contributed by atoms with Crippen molar-refractivity contribution < 1.29 is 42.9 Å². The van der Waals surface area contributed by atoms with Crippen LogP contribution in [0.2, 0.25) is 0 Å². The summed E-state index contributed by atoms with van der Waals surface area (Å²) < 4.78 is 19.9. The molecule has 0 aromatic heterocycles. The highest BCUT2D eigenvalue weighted by molar-refractivity contribution is 6.09. The molecule has 164 valence electrons. The minimum Gasteiger partial charge on any atom is -0.443 e. The average Bonchev–Trinajstić information content (AvgIpc) is 2.75. The fourth-order valence-corrected chi connectivity index (χ4v) is 2.14. The quantitative estimate of drug-likeness (QED) is 0.229. The van der Waals surface area contributed by atoms with Crippen LogP contribution in [0.25, 0.3) is 0 Å². The van der Waals surface area contributed by atoms with E-state index in [1.54, 1.807) is 20.8 Å². The summed E-state index contributed by atoms with van der Waals surface area (Å²) in [7, 11) is 0. The number of carbonyl (C=O) groups excluding carboxylic acids is 5. The summed E-state index contributed by atoms with van der Waals surface area (Å²) in [6, 6.07) is 0. The van der Waals surface area contributed by atoms with E-state index in [0.717, 1.165) is 0 Å². The van der Waals surface area contributed by atoms with E-state index in [9.17, 15) is 24.0 Å². The molecule has 0 aromatic rings. The Labute approximate surface area is 168 Å². The number of carbonyl (C=O) groups is 5. The Morgan fingerprint density at radius 2 is 1.62 bits per heavy atom. The van der Waals surface area contributed by atoms with Gasteiger partial charge in [-0.1, -0.05) is 0 Å². The van der Waals surface area contributed by atoms with Crippen LogP contribution in [-0.2, 0) is 28.5 Å². The molecule has 0 spiro atoms. The molecule has 2 N–H and O–H groups in total. The zero-order valence-electron chi connectivity index (χ0n) is 17.5. The molecule has 1 atom stereocenters. The Bertz CT molecular complexity index is 693. The van der Waals surface area contributed by atoms with Crippen LogP contribution in [0.4, 0.5) is 14.4 Å². The highest BCUT2D eigenvalue weighted by atomic mass is 16.7. The maximum Gasteiger partial charge on any atom is 0.510 e. The first-order valence-electron chi connectivity index (χ1n) is 8.82. The monoisotopic (exact) mass is 417 g/mol. The van der Waals surface area contributed by atoms with Crippen molar-refractivity contribution in [3.8, 4) is 0 Å². The molecule has 0 radical (unpaired) electrons. The van der Waals surface area contributed by atoms with Crippen LogP contribution in [0.1, 0.15) is 54.9 Å². The largest absolute Gasteiger partial charge is 0.510 e. The number of ether oxygens (including phenoxy) is 4. The zero-order chi connectivity index (χ0) is 22.6. The second-order valence-electron chi connectivity index (χ2n) is 8.05. The van der Waals surface area contributed by atoms with E-state index in [1.807, 2.05) is 10.7 Å². The van der Waals surface area contributed by atoms with Crippen molar-refractivity contribution in [3.05, 3.63) is 0 Å². The number of nitrogens with one attached hydrogen (secondary N) is 2. The molecule has 1 aliphatic heterocycles. The minimum absolute atomic E-state index is 0.101. The van der Waals surface area contributed by atoms with Crippen LogP contribution in [0.5, 0.6) is 0 Å². The highest BCUT2D eigenvalue weighted by Crippen LogP contribution is 2.28. The van der Waals surface area contributed by atoms with Gasteiger partial charge in [0.1, 0.15) is 11.2 Å². The molecule has 1 rings (SSSR count). The molecule has 12 heteroatoms. The number of nitrogens with zero attached hydrogens (tertiary/aromatic N) is 1. The fourth-order valence-electron chi connectivity index (χ4n) is 2.14. The summed E-state index contributed by atoms with van der Waals surface area (Å²) in [5, 5.41) is 2.23. The fraction of sp³-hybridized carbons (Fsp3) is 0.706. The molecular formula is C17H27N3O9. The van der Waals surface area contributed by atoms with Crippen LogP contribution in [-0.4, -0.2) is 58.7 Å². The number of imide groups is 1. The third kappa shape index (κ3) is 6.80. The zero-order valence-corrected chi connectivity index (χ0v) is 17.5. The molecule has 0 aromatic carbocycles. The predicted octanol–water partition coefficient (Wildman–Crippen LogP) is 1.58. The van der Waals surface area contributed by atoms with E-state index in [4.69, 9.17) is 14.2 Å². The average molecular weight is 417 g/mol. The van der Waals surface area contributed by atoms with Gasteiger partial charge < -0.3 is 18.9 Å². The molecule has 29 heavy (non-hydrogen) atoms.